The van der Waals surface area contributed by atoms with E-state index in [1.807, 2.05) is 54.6 Å². The Kier molecular flexibility index (Phi) is 5.71. The molecule has 0 amide bonds. The second-order valence-corrected chi connectivity index (χ2v) is 4.81. The second-order valence-electron chi connectivity index (χ2n) is 4.81. The van der Waals surface area contributed by atoms with Crippen molar-refractivity contribution < 1.29 is 4.74 Å². The van der Waals surface area contributed by atoms with Crippen molar-refractivity contribution in [3.8, 4) is 5.75 Å². The maximum absolute atomic E-state index is 5.62. The molecule has 0 N–H and O–H groups in total. The Morgan fingerprint density at radius 3 is 2.10 bits per heavy atom. The van der Waals surface area contributed by atoms with E-state index in [4.69, 9.17) is 4.74 Å². The van der Waals surface area contributed by atoms with E-state index in [1.165, 1.54) is 5.56 Å². The molecular weight excluding hydrogens is 260 g/mol. The minimum atomic E-state index is 0.705. The Bertz CT molecular complexity index is 586. The number of nitrogens with zero attached hydrogens (tertiary/aromatic N) is 2. The Morgan fingerprint density at radius 2 is 1.52 bits per heavy atom. The highest BCUT2D eigenvalue weighted by atomic mass is 16.5. The van der Waals surface area contributed by atoms with Crippen molar-refractivity contribution in [2.24, 2.45) is 10.2 Å². The molecule has 0 saturated heterocycles. The molecule has 0 fully saturated rings. The molecule has 0 atom stereocenters. The second kappa shape index (κ2) is 8.00. The van der Waals surface area contributed by atoms with Crippen molar-refractivity contribution in [3.63, 3.8) is 0 Å². The molecule has 108 valence electrons. The van der Waals surface area contributed by atoms with Crippen LogP contribution in [0.25, 0.3) is 0 Å². The molecular formula is C18H20N2O. The van der Waals surface area contributed by atoms with Gasteiger partial charge in [-0.3, -0.25) is 0 Å². The van der Waals surface area contributed by atoms with Gasteiger partial charge in [0.1, 0.15) is 5.75 Å². The SMILES string of the molecule is C=CCCCOc1ccc(N=Nc2ccc(C)cc2)cc1. The summed E-state index contributed by atoms with van der Waals surface area (Å²) in [7, 11) is 0. The lowest BCUT2D eigenvalue weighted by molar-refractivity contribution is 0.312. The van der Waals surface area contributed by atoms with Crippen LogP contribution in [0.3, 0.4) is 0 Å². The maximum atomic E-state index is 5.62. The summed E-state index contributed by atoms with van der Waals surface area (Å²) in [5, 5.41) is 8.42. The third kappa shape index (κ3) is 5.22. The highest BCUT2D eigenvalue weighted by Crippen LogP contribution is 2.21. The van der Waals surface area contributed by atoms with Crippen molar-refractivity contribution in [1.29, 1.82) is 0 Å². The molecule has 2 aromatic carbocycles. The third-order valence-corrected chi connectivity index (χ3v) is 2.97. The summed E-state index contributed by atoms with van der Waals surface area (Å²) in [5.74, 6) is 0.855. The van der Waals surface area contributed by atoms with E-state index in [2.05, 4.69) is 23.7 Å². The van der Waals surface area contributed by atoms with Gasteiger partial charge in [0.05, 0.1) is 18.0 Å². The normalized spacial score (nSPS) is 10.7. The lowest BCUT2D eigenvalue weighted by Gasteiger charge is -2.04. The molecule has 0 aliphatic rings. The Labute approximate surface area is 126 Å². The smallest absolute Gasteiger partial charge is 0.119 e. The fourth-order valence-corrected chi connectivity index (χ4v) is 1.75. The van der Waals surface area contributed by atoms with E-state index >= 15 is 0 Å². The van der Waals surface area contributed by atoms with Gasteiger partial charge in [0.2, 0.25) is 0 Å². The topological polar surface area (TPSA) is 34.0 Å². The molecule has 0 spiro atoms. The van der Waals surface area contributed by atoms with Gasteiger partial charge in [-0.1, -0.05) is 23.8 Å². The number of allylic oxidation sites excluding steroid dienone is 1. The van der Waals surface area contributed by atoms with Gasteiger partial charge in [0, 0.05) is 0 Å². The third-order valence-electron chi connectivity index (χ3n) is 2.97. The monoisotopic (exact) mass is 280 g/mol. The Balaban J connectivity index is 1.89. The van der Waals surface area contributed by atoms with Crippen molar-refractivity contribution in [2.75, 3.05) is 6.61 Å². The lowest BCUT2D eigenvalue weighted by atomic mass is 10.2. The molecule has 3 nitrogen and oxygen atoms in total. The molecule has 0 unspecified atom stereocenters. The number of rotatable bonds is 7. The van der Waals surface area contributed by atoms with E-state index in [1.54, 1.807) is 0 Å². The van der Waals surface area contributed by atoms with Crippen LogP contribution in [0.15, 0.2) is 71.4 Å². The van der Waals surface area contributed by atoms with Crippen molar-refractivity contribution in [1.82, 2.24) is 0 Å². The first kappa shape index (κ1) is 15.0. The van der Waals surface area contributed by atoms with E-state index in [0.29, 0.717) is 6.61 Å². The van der Waals surface area contributed by atoms with Crippen LogP contribution in [0.1, 0.15) is 18.4 Å². The fraction of sp³-hybridized carbons (Fsp3) is 0.222. The predicted octanol–water partition coefficient (Wildman–Crippen LogP) is 5.76. The molecule has 3 heteroatoms. The van der Waals surface area contributed by atoms with Crippen LogP contribution < -0.4 is 4.74 Å². The van der Waals surface area contributed by atoms with Crippen LogP contribution in [0.2, 0.25) is 0 Å². The van der Waals surface area contributed by atoms with Gasteiger partial charge in [-0.25, -0.2) is 0 Å². The van der Waals surface area contributed by atoms with Crippen LogP contribution in [-0.2, 0) is 0 Å². The summed E-state index contributed by atoms with van der Waals surface area (Å²) in [5.41, 5.74) is 2.88. The number of hydrogen-bond acceptors (Lipinski definition) is 3. The molecule has 0 aliphatic carbocycles. The first-order valence-electron chi connectivity index (χ1n) is 7.10. The first-order valence-corrected chi connectivity index (χ1v) is 7.10. The zero-order valence-electron chi connectivity index (χ0n) is 12.3. The van der Waals surface area contributed by atoms with Crippen molar-refractivity contribution in [2.45, 2.75) is 19.8 Å². The quantitative estimate of drug-likeness (QED) is 0.361. The summed E-state index contributed by atoms with van der Waals surface area (Å²) in [4.78, 5) is 0. The molecule has 0 aliphatic heterocycles. The number of aryl methyl sites for hydroxylation is 1. The van der Waals surface area contributed by atoms with Crippen molar-refractivity contribution in [3.05, 3.63) is 66.7 Å². The minimum Gasteiger partial charge on any atom is -0.494 e. The van der Waals surface area contributed by atoms with Crippen LogP contribution >= 0.6 is 0 Å². The molecule has 2 aromatic rings. The van der Waals surface area contributed by atoms with Gasteiger partial charge >= 0.3 is 0 Å². The first-order chi connectivity index (χ1) is 10.3. The van der Waals surface area contributed by atoms with E-state index in [9.17, 15) is 0 Å². The van der Waals surface area contributed by atoms with Gasteiger partial charge < -0.3 is 4.74 Å². The van der Waals surface area contributed by atoms with Gasteiger partial charge in [-0.05, 0) is 56.2 Å². The zero-order valence-corrected chi connectivity index (χ0v) is 12.3. The lowest BCUT2D eigenvalue weighted by Crippen LogP contribution is -1.95. The number of hydrogen-bond donors (Lipinski definition) is 0. The van der Waals surface area contributed by atoms with E-state index in [0.717, 1.165) is 30.0 Å². The number of azo groups is 1. The highest BCUT2D eigenvalue weighted by molar-refractivity contribution is 5.43. The summed E-state index contributed by atoms with van der Waals surface area (Å²) < 4.78 is 5.62. The van der Waals surface area contributed by atoms with Crippen LogP contribution in [-0.4, -0.2) is 6.61 Å². The molecule has 21 heavy (non-hydrogen) atoms. The summed E-state index contributed by atoms with van der Waals surface area (Å²) in [6.45, 7) is 6.44. The predicted molar refractivity (Wildman–Crippen MR) is 86.7 cm³/mol. The fourth-order valence-electron chi connectivity index (χ4n) is 1.75. The summed E-state index contributed by atoms with van der Waals surface area (Å²) in [6.07, 6.45) is 3.86. The average Bonchev–Trinajstić information content (AvgIpc) is 2.52. The van der Waals surface area contributed by atoms with E-state index < -0.39 is 0 Å². The molecule has 0 heterocycles. The maximum Gasteiger partial charge on any atom is 0.119 e. The summed E-state index contributed by atoms with van der Waals surface area (Å²) >= 11 is 0. The average molecular weight is 280 g/mol. The standard InChI is InChI=1S/C18H20N2O/c1-3-4-5-14-21-18-12-10-17(11-13-18)20-19-16-8-6-15(2)7-9-16/h3,6-13H,1,4-5,14H2,2H3. The minimum absolute atomic E-state index is 0.705. The summed E-state index contributed by atoms with van der Waals surface area (Å²) in [6, 6.07) is 15.6. The van der Waals surface area contributed by atoms with Crippen LogP contribution in [0.4, 0.5) is 11.4 Å². The van der Waals surface area contributed by atoms with E-state index in [-0.39, 0.29) is 0 Å². The Hall–Kier alpha value is -2.42. The van der Waals surface area contributed by atoms with Crippen LogP contribution in [0.5, 0.6) is 5.75 Å². The van der Waals surface area contributed by atoms with Gasteiger partial charge in [-0.2, -0.15) is 10.2 Å². The largest absolute Gasteiger partial charge is 0.494 e. The van der Waals surface area contributed by atoms with Crippen LogP contribution in [0, 0.1) is 6.92 Å². The molecule has 0 radical (unpaired) electrons. The molecule has 2 rings (SSSR count). The van der Waals surface area contributed by atoms with Gasteiger partial charge in [0.15, 0.2) is 0 Å². The molecule has 0 saturated carbocycles. The Morgan fingerprint density at radius 1 is 0.952 bits per heavy atom. The van der Waals surface area contributed by atoms with Gasteiger partial charge in [0.25, 0.3) is 0 Å². The van der Waals surface area contributed by atoms with Gasteiger partial charge in [-0.15, -0.1) is 6.58 Å². The number of unbranched alkanes of at least 4 members (excludes halogenated alkanes) is 1. The molecule has 0 aromatic heterocycles. The number of benzene rings is 2. The van der Waals surface area contributed by atoms with Crippen molar-refractivity contribution >= 4 is 11.4 Å². The highest BCUT2D eigenvalue weighted by Gasteiger charge is 1.95. The zero-order chi connectivity index (χ0) is 14.9. The number of ether oxygens (including phenoxy) is 1. The molecule has 0 bridgehead atoms.